The van der Waals surface area contributed by atoms with E-state index in [1.165, 1.54) is 24.5 Å². The van der Waals surface area contributed by atoms with Crippen molar-refractivity contribution in [3.05, 3.63) is 54.0 Å². The third kappa shape index (κ3) is 1.60. The van der Waals surface area contributed by atoms with Gasteiger partial charge in [0.25, 0.3) is 0 Å². The van der Waals surface area contributed by atoms with Crippen LogP contribution in [0, 0.1) is 5.82 Å². The Morgan fingerprint density at radius 3 is 2.62 bits per heavy atom. The Morgan fingerprint density at radius 2 is 1.88 bits per heavy atom. The molecule has 0 N–H and O–H groups in total. The Kier molecular flexibility index (Phi) is 2.21. The van der Waals surface area contributed by atoms with Crippen molar-refractivity contribution in [2.45, 2.75) is 18.8 Å². The Balaban J connectivity index is 2.15. The lowest BCUT2D eigenvalue weighted by Crippen LogP contribution is -1.93. The van der Waals surface area contributed by atoms with Gasteiger partial charge in [-0.3, -0.25) is 4.98 Å². The Morgan fingerprint density at radius 1 is 1.06 bits per heavy atom. The van der Waals surface area contributed by atoms with Crippen LogP contribution in [-0.4, -0.2) is 4.98 Å². The molecule has 1 aliphatic rings. The predicted octanol–water partition coefficient (Wildman–Crippen LogP) is 3.77. The van der Waals surface area contributed by atoms with Gasteiger partial charge in [0, 0.05) is 11.8 Å². The lowest BCUT2D eigenvalue weighted by molar-refractivity contribution is 0.630. The molecule has 80 valence electrons. The quantitative estimate of drug-likeness (QED) is 0.740. The highest BCUT2D eigenvalue weighted by Crippen LogP contribution is 2.43. The van der Waals surface area contributed by atoms with E-state index in [0.29, 0.717) is 11.5 Å². The van der Waals surface area contributed by atoms with E-state index in [1.54, 1.807) is 18.3 Å². The SMILES string of the molecule is Fc1ccccc1-c1ncccc1C1CC1. The van der Waals surface area contributed by atoms with Crippen LogP contribution >= 0.6 is 0 Å². The van der Waals surface area contributed by atoms with E-state index in [1.807, 2.05) is 12.1 Å². The maximum Gasteiger partial charge on any atom is 0.132 e. The van der Waals surface area contributed by atoms with E-state index in [4.69, 9.17) is 0 Å². The van der Waals surface area contributed by atoms with Gasteiger partial charge >= 0.3 is 0 Å². The monoisotopic (exact) mass is 213 g/mol. The van der Waals surface area contributed by atoms with E-state index in [2.05, 4.69) is 11.1 Å². The summed E-state index contributed by atoms with van der Waals surface area (Å²) in [6.45, 7) is 0. The molecule has 0 bridgehead atoms. The number of hydrogen-bond donors (Lipinski definition) is 0. The zero-order valence-corrected chi connectivity index (χ0v) is 8.86. The minimum atomic E-state index is -0.192. The van der Waals surface area contributed by atoms with Crippen LogP contribution in [0.15, 0.2) is 42.6 Å². The first kappa shape index (κ1) is 9.52. The first-order valence-electron chi connectivity index (χ1n) is 5.56. The molecule has 0 atom stereocenters. The number of hydrogen-bond acceptors (Lipinski definition) is 1. The summed E-state index contributed by atoms with van der Waals surface area (Å²) in [6.07, 6.45) is 4.13. The second-order valence-electron chi connectivity index (χ2n) is 4.20. The van der Waals surface area contributed by atoms with Gasteiger partial charge in [0.15, 0.2) is 0 Å². The average Bonchev–Trinajstić information content (AvgIpc) is 3.14. The van der Waals surface area contributed by atoms with Gasteiger partial charge in [-0.1, -0.05) is 18.2 Å². The van der Waals surface area contributed by atoms with Gasteiger partial charge in [-0.2, -0.15) is 0 Å². The summed E-state index contributed by atoms with van der Waals surface area (Å²) in [6, 6.07) is 10.8. The van der Waals surface area contributed by atoms with Crippen LogP contribution in [0.4, 0.5) is 4.39 Å². The fourth-order valence-electron chi connectivity index (χ4n) is 2.02. The number of pyridine rings is 1. The van der Waals surface area contributed by atoms with Crippen molar-refractivity contribution in [2.75, 3.05) is 0 Å². The van der Waals surface area contributed by atoms with Gasteiger partial charge in [-0.05, 0) is 42.5 Å². The average molecular weight is 213 g/mol. The van der Waals surface area contributed by atoms with Crippen LogP contribution < -0.4 is 0 Å². The highest BCUT2D eigenvalue weighted by Gasteiger charge is 2.27. The standard InChI is InChI=1S/C14H12FN/c15-13-6-2-1-4-12(13)14-11(10-7-8-10)5-3-9-16-14/h1-6,9-10H,7-8H2. The van der Waals surface area contributed by atoms with Crippen molar-refractivity contribution in [3.63, 3.8) is 0 Å². The molecule has 0 unspecified atom stereocenters. The summed E-state index contributed by atoms with van der Waals surface area (Å²) in [5, 5.41) is 0. The molecule has 1 heterocycles. The van der Waals surface area contributed by atoms with Crippen molar-refractivity contribution in [3.8, 4) is 11.3 Å². The fraction of sp³-hybridized carbons (Fsp3) is 0.214. The second-order valence-corrected chi connectivity index (χ2v) is 4.20. The smallest absolute Gasteiger partial charge is 0.132 e. The molecule has 1 aromatic carbocycles. The zero-order chi connectivity index (χ0) is 11.0. The molecule has 1 aliphatic carbocycles. The van der Waals surface area contributed by atoms with Crippen molar-refractivity contribution in [1.29, 1.82) is 0 Å². The van der Waals surface area contributed by atoms with E-state index >= 15 is 0 Å². The summed E-state index contributed by atoms with van der Waals surface area (Å²) < 4.78 is 13.7. The van der Waals surface area contributed by atoms with Gasteiger partial charge < -0.3 is 0 Å². The second kappa shape index (κ2) is 3.71. The van der Waals surface area contributed by atoms with Gasteiger partial charge in [0.05, 0.1) is 5.69 Å². The number of rotatable bonds is 2. The lowest BCUT2D eigenvalue weighted by atomic mass is 10.0. The van der Waals surface area contributed by atoms with E-state index in [-0.39, 0.29) is 5.82 Å². The van der Waals surface area contributed by atoms with Crippen LogP contribution in [0.2, 0.25) is 0 Å². The predicted molar refractivity (Wildman–Crippen MR) is 61.6 cm³/mol. The molecule has 0 aliphatic heterocycles. The van der Waals surface area contributed by atoms with Crippen LogP contribution in [0.25, 0.3) is 11.3 Å². The van der Waals surface area contributed by atoms with E-state index < -0.39 is 0 Å². The molecule has 2 heteroatoms. The molecule has 0 radical (unpaired) electrons. The van der Waals surface area contributed by atoms with Crippen molar-refractivity contribution >= 4 is 0 Å². The summed E-state index contributed by atoms with van der Waals surface area (Å²) in [5.41, 5.74) is 2.61. The molecule has 3 rings (SSSR count). The minimum Gasteiger partial charge on any atom is -0.256 e. The molecule has 0 amide bonds. The topological polar surface area (TPSA) is 12.9 Å². The summed E-state index contributed by atoms with van der Waals surface area (Å²) in [7, 11) is 0. The van der Waals surface area contributed by atoms with E-state index in [9.17, 15) is 4.39 Å². The number of halogens is 1. The molecule has 0 spiro atoms. The Hall–Kier alpha value is -1.70. The lowest BCUT2D eigenvalue weighted by Gasteiger charge is -2.07. The van der Waals surface area contributed by atoms with E-state index in [0.717, 1.165) is 5.69 Å². The summed E-state index contributed by atoms with van der Waals surface area (Å²) in [5.74, 6) is 0.395. The molecular formula is C14H12FN. The third-order valence-corrected chi connectivity index (χ3v) is 2.99. The molecule has 1 aromatic heterocycles. The maximum absolute atomic E-state index is 13.7. The third-order valence-electron chi connectivity index (χ3n) is 2.99. The summed E-state index contributed by atoms with van der Waals surface area (Å²) >= 11 is 0. The highest BCUT2D eigenvalue weighted by molar-refractivity contribution is 5.64. The van der Waals surface area contributed by atoms with Crippen LogP contribution in [-0.2, 0) is 0 Å². The molecular weight excluding hydrogens is 201 g/mol. The largest absolute Gasteiger partial charge is 0.256 e. The van der Waals surface area contributed by atoms with Gasteiger partial charge in [-0.25, -0.2) is 4.39 Å². The van der Waals surface area contributed by atoms with Gasteiger partial charge in [0.2, 0.25) is 0 Å². The Labute approximate surface area is 94.0 Å². The molecule has 16 heavy (non-hydrogen) atoms. The first-order valence-corrected chi connectivity index (χ1v) is 5.56. The van der Waals surface area contributed by atoms with Crippen molar-refractivity contribution < 1.29 is 4.39 Å². The van der Waals surface area contributed by atoms with Crippen LogP contribution in [0.5, 0.6) is 0 Å². The first-order chi connectivity index (χ1) is 7.86. The number of nitrogens with zero attached hydrogens (tertiary/aromatic N) is 1. The Bertz CT molecular complexity index is 518. The van der Waals surface area contributed by atoms with Crippen molar-refractivity contribution in [1.82, 2.24) is 4.98 Å². The molecule has 1 saturated carbocycles. The molecule has 1 nitrogen and oxygen atoms in total. The van der Waals surface area contributed by atoms with Gasteiger partial charge in [-0.15, -0.1) is 0 Å². The maximum atomic E-state index is 13.7. The van der Waals surface area contributed by atoms with Gasteiger partial charge in [0.1, 0.15) is 5.82 Å². The minimum absolute atomic E-state index is 0.192. The fourth-order valence-corrected chi connectivity index (χ4v) is 2.02. The van der Waals surface area contributed by atoms with Crippen LogP contribution in [0.1, 0.15) is 24.3 Å². The molecule has 2 aromatic rings. The summed E-state index contributed by atoms with van der Waals surface area (Å²) in [4.78, 5) is 4.33. The normalized spacial score (nSPS) is 15.1. The van der Waals surface area contributed by atoms with Crippen LogP contribution in [0.3, 0.4) is 0 Å². The highest BCUT2D eigenvalue weighted by atomic mass is 19.1. The zero-order valence-electron chi connectivity index (χ0n) is 8.86. The molecule has 1 fully saturated rings. The molecule has 0 saturated heterocycles. The number of benzene rings is 1. The van der Waals surface area contributed by atoms with Crippen molar-refractivity contribution in [2.24, 2.45) is 0 Å². The number of aromatic nitrogens is 1.